The number of methoxy groups -OCH3 is 1. The molecule has 0 unspecified atom stereocenters. The number of anilines is 1. The van der Waals surface area contributed by atoms with Gasteiger partial charge in [-0.05, 0) is 55.8 Å². The first-order valence-corrected chi connectivity index (χ1v) is 9.47. The zero-order valence-corrected chi connectivity index (χ0v) is 15.9. The molecule has 7 nitrogen and oxygen atoms in total. The van der Waals surface area contributed by atoms with Crippen LogP contribution in [0.2, 0.25) is 0 Å². The van der Waals surface area contributed by atoms with Crippen LogP contribution in [-0.2, 0) is 13.1 Å². The molecule has 0 spiro atoms. The van der Waals surface area contributed by atoms with Crippen molar-refractivity contribution in [2.45, 2.75) is 25.9 Å². The fraction of sp³-hybridized carbons (Fsp3) is 0.333. The van der Waals surface area contributed by atoms with E-state index < -0.39 is 0 Å². The van der Waals surface area contributed by atoms with E-state index in [0.29, 0.717) is 18.0 Å². The Bertz CT molecular complexity index is 941. The molecule has 1 saturated heterocycles. The fourth-order valence-electron chi connectivity index (χ4n) is 3.41. The molecule has 3 aromatic rings. The van der Waals surface area contributed by atoms with Crippen LogP contribution in [-0.4, -0.2) is 40.8 Å². The van der Waals surface area contributed by atoms with Gasteiger partial charge in [-0.2, -0.15) is 5.10 Å². The summed E-state index contributed by atoms with van der Waals surface area (Å²) in [5.74, 6) is 1.67. The summed E-state index contributed by atoms with van der Waals surface area (Å²) in [7, 11) is 1.64. The van der Waals surface area contributed by atoms with Gasteiger partial charge in [0.05, 0.1) is 32.1 Å². The van der Waals surface area contributed by atoms with Gasteiger partial charge in [-0.15, -0.1) is 0 Å². The van der Waals surface area contributed by atoms with Crippen molar-refractivity contribution in [1.29, 1.82) is 0 Å². The Morgan fingerprint density at radius 3 is 2.89 bits per heavy atom. The average molecular weight is 380 g/mol. The first-order valence-electron chi connectivity index (χ1n) is 9.47. The molecule has 7 heteroatoms. The number of hydrogen-bond donors (Lipinski definition) is 1. The zero-order valence-electron chi connectivity index (χ0n) is 15.9. The van der Waals surface area contributed by atoms with E-state index in [9.17, 15) is 4.79 Å². The molecule has 4 rings (SSSR count). The average Bonchev–Trinajstić information content (AvgIpc) is 3.45. The molecule has 146 valence electrons. The monoisotopic (exact) mass is 380 g/mol. The second kappa shape index (κ2) is 8.31. The number of carbonyl (C=O) groups excluding carboxylic acids is 1. The molecule has 1 aliphatic rings. The van der Waals surface area contributed by atoms with Crippen LogP contribution in [0.25, 0.3) is 0 Å². The van der Waals surface area contributed by atoms with E-state index in [2.05, 4.69) is 15.3 Å². The molecular formula is C21H24N4O3. The molecular weight excluding hydrogens is 356 g/mol. The first-order chi connectivity index (χ1) is 13.7. The molecule has 1 aromatic carbocycles. The summed E-state index contributed by atoms with van der Waals surface area (Å²) < 4.78 is 12.7. The Balaban J connectivity index is 1.35. The number of benzene rings is 1. The van der Waals surface area contributed by atoms with Crippen LogP contribution in [0, 0.1) is 0 Å². The minimum absolute atomic E-state index is 0.270. The Morgan fingerprint density at radius 2 is 2.07 bits per heavy atom. The second-order valence-electron chi connectivity index (χ2n) is 6.98. The molecule has 28 heavy (non-hydrogen) atoms. The highest BCUT2D eigenvalue weighted by Gasteiger charge is 2.16. The highest BCUT2D eigenvalue weighted by molar-refractivity contribution is 6.02. The third-order valence-electron chi connectivity index (χ3n) is 4.83. The molecule has 0 saturated carbocycles. The summed E-state index contributed by atoms with van der Waals surface area (Å²) in [6, 6.07) is 11.4. The number of likely N-dealkylation sites (tertiary alicyclic amines) is 1. The van der Waals surface area contributed by atoms with Crippen molar-refractivity contribution >= 4 is 11.6 Å². The number of amides is 1. The largest absolute Gasteiger partial charge is 0.497 e. The lowest BCUT2D eigenvalue weighted by atomic mass is 10.2. The predicted molar refractivity (Wildman–Crippen MR) is 105 cm³/mol. The standard InChI is InChI=1S/C21H24N4O3/c1-27-18-6-4-5-16(11-18)13-25-14-17(12-22-25)23-21(26)20-8-7-19(28-20)15-24-9-2-3-10-24/h4-8,11-12,14H,2-3,9-10,13,15H2,1H3,(H,23,26). The molecule has 1 amide bonds. The van der Waals surface area contributed by atoms with Crippen molar-refractivity contribution in [3.05, 3.63) is 65.9 Å². The molecule has 0 atom stereocenters. The van der Waals surface area contributed by atoms with Gasteiger partial charge in [0.1, 0.15) is 11.5 Å². The summed E-state index contributed by atoms with van der Waals surface area (Å²) in [6.45, 7) is 3.53. The number of nitrogens with zero attached hydrogens (tertiary/aromatic N) is 3. The van der Waals surface area contributed by atoms with Crippen molar-refractivity contribution in [2.24, 2.45) is 0 Å². The molecule has 1 fully saturated rings. The Kier molecular flexibility index (Phi) is 5.43. The van der Waals surface area contributed by atoms with E-state index in [0.717, 1.165) is 36.7 Å². The van der Waals surface area contributed by atoms with Crippen LogP contribution in [0.15, 0.2) is 53.2 Å². The predicted octanol–water partition coefficient (Wildman–Crippen LogP) is 3.38. The Hall–Kier alpha value is -3.06. The lowest BCUT2D eigenvalue weighted by Crippen LogP contribution is -2.17. The number of carbonyl (C=O) groups is 1. The lowest BCUT2D eigenvalue weighted by Gasteiger charge is -2.11. The summed E-state index contributed by atoms with van der Waals surface area (Å²) in [5.41, 5.74) is 1.70. The fourth-order valence-corrected chi connectivity index (χ4v) is 3.41. The van der Waals surface area contributed by atoms with Crippen LogP contribution in [0.5, 0.6) is 5.75 Å². The topological polar surface area (TPSA) is 72.5 Å². The van der Waals surface area contributed by atoms with Crippen LogP contribution in [0.1, 0.15) is 34.7 Å². The maximum absolute atomic E-state index is 12.4. The molecule has 0 bridgehead atoms. The Morgan fingerprint density at radius 1 is 1.21 bits per heavy atom. The molecule has 1 N–H and O–H groups in total. The SMILES string of the molecule is COc1cccc(Cn2cc(NC(=O)c3ccc(CN4CCCC4)o3)cn2)c1. The van der Waals surface area contributed by atoms with Crippen LogP contribution < -0.4 is 10.1 Å². The Labute approximate surface area is 163 Å². The quantitative estimate of drug-likeness (QED) is 0.680. The van der Waals surface area contributed by atoms with Crippen molar-refractivity contribution in [3.8, 4) is 5.75 Å². The number of furan rings is 1. The number of aromatic nitrogens is 2. The highest BCUT2D eigenvalue weighted by atomic mass is 16.5. The normalized spacial score (nSPS) is 14.3. The van der Waals surface area contributed by atoms with Crippen molar-refractivity contribution in [1.82, 2.24) is 14.7 Å². The smallest absolute Gasteiger partial charge is 0.291 e. The maximum atomic E-state index is 12.4. The van der Waals surface area contributed by atoms with E-state index in [1.165, 1.54) is 12.8 Å². The van der Waals surface area contributed by atoms with Gasteiger partial charge in [-0.1, -0.05) is 12.1 Å². The number of ether oxygens (including phenoxy) is 1. The van der Waals surface area contributed by atoms with E-state index in [4.69, 9.17) is 9.15 Å². The zero-order chi connectivity index (χ0) is 19.3. The van der Waals surface area contributed by atoms with Crippen LogP contribution in [0.4, 0.5) is 5.69 Å². The number of nitrogens with one attached hydrogen (secondary N) is 1. The molecule has 0 radical (unpaired) electrons. The summed E-state index contributed by atoms with van der Waals surface area (Å²) in [6.07, 6.45) is 5.89. The van der Waals surface area contributed by atoms with Crippen LogP contribution >= 0.6 is 0 Å². The third-order valence-corrected chi connectivity index (χ3v) is 4.83. The summed E-state index contributed by atoms with van der Waals surface area (Å²) in [5, 5.41) is 7.15. The number of hydrogen-bond acceptors (Lipinski definition) is 5. The van der Waals surface area contributed by atoms with Gasteiger partial charge in [0.15, 0.2) is 5.76 Å². The van der Waals surface area contributed by atoms with Crippen LogP contribution in [0.3, 0.4) is 0 Å². The minimum Gasteiger partial charge on any atom is -0.497 e. The minimum atomic E-state index is -0.270. The molecule has 1 aliphatic heterocycles. The van der Waals surface area contributed by atoms with E-state index in [1.54, 1.807) is 30.3 Å². The molecule has 2 aromatic heterocycles. The highest BCUT2D eigenvalue weighted by Crippen LogP contribution is 2.17. The first kappa shape index (κ1) is 18.3. The van der Waals surface area contributed by atoms with Crippen molar-refractivity contribution < 1.29 is 13.9 Å². The van der Waals surface area contributed by atoms with Crippen molar-refractivity contribution in [2.75, 3.05) is 25.5 Å². The summed E-state index contributed by atoms with van der Waals surface area (Å²) in [4.78, 5) is 14.8. The third kappa shape index (κ3) is 4.43. The van der Waals surface area contributed by atoms with Gasteiger partial charge in [-0.3, -0.25) is 14.4 Å². The maximum Gasteiger partial charge on any atom is 0.291 e. The van der Waals surface area contributed by atoms with Gasteiger partial charge < -0.3 is 14.5 Å². The van der Waals surface area contributed by atoms with E-state index in [1.807, 2.05) is 30.3 Å². The second-order valence-corrected chi connectivity index (χ2v) is 6.98. The van der Waals surface area contributed by atoms with Gasteiger partial charge in [0.2, 0.25) is 0 Å². The molecule has 0 aliphatic carbocycles. The van der Waals surface area contributed by atoms with E-state index in [-0.39, 0.29) is 5.91 Å². The van der Waals surface area contributed by atoms with Crippen molar-refractivity contribution in [3.63, 3.8) is 0 Å². The molecule has 3 heterocycles. The van der Waals surface area contributed by atoms with Gasteiger partial charge in [0, 0.05) is 6.20 Å². The summed E-state index contributed by atoms with van der Waals surface area (Å²) >= 11 is 0. The van der Waals surface area contributed by atoms with E-state index >= 15 is 0 Å². The van der Waals surface area contributed by atoms with Gasteiger partial charge >= 0.3 is 0 Å². The van der Waals surface area contributed by atoms with Gasteiger partial charge in [-0.25, -0.2) is 0 Å². The lowest BCUT2D eigenvalue weighted by molar-refractivity contribution is 0.0993. The van der Waals surface area contributed by atoms with Gasteiger partial charge in [0.25, 0.3) is 5.91 Å². The number of rotatable bonds is 7.